The molecule has 0 heterocycles. The van der Waals surface area contributed by atoms with E-state index in [1.807, 2.05) is 0 Å². The summed E-state index contributed by atoms with van der Waals surface area (Å²) >= 11 is 0. The molecule has 0 aromatic carbocycles. The molecule has 0 spiro atoms. The molecular formula is C26H46O6S2. The Labute approximate surface area is 208 Å². The van der Waals surface area contributed by atoms with Gasteiger partial charge in [0, 0.05) is 5.41 Å². The second-order valence-electron chi connectivity index (χ2n) is 12.6. The molecule has 0 aromatic rings. The van der Waals surface area contributed by atoms with Gasteiger partial charge in [0.25, 0.3) is 20.2 Å². The van der Waals surface area contributed by atoms with Crippen LogP contribution < -0.4 is 0 Å². The van der Waals surface area contributed by atoms with E-state index in [2.05, 4.69) is 20.8 Å². The second-order valence-corrected chi connectivity index (χ2v) is 15.9. The summed E-state index contributed by atoms with van der Waals surface area (Å²) in [4.78, 5) is 0. The van der Waals surface area contributed by atoms with Crippen LogP contribution in [-0.2, 0) is 28.6 Å². The summed E-state index contributed by atoms with van der Waals surface area (Å²) in [5, 5.41) is 0. The minimum absolute atomic E-state index is 0.167. The highest BCUT2D eigenvalue weighted by atomic mass is 32.2. The molecular weight excluding hydrogens is 472 g/mol. The molecule has 6 nitrogen and oxygen atoms in total. The lowest BCUT2D eigenvalue weighted by atomic mass is 9.44. The Morgan fingerprint density at radius 1 is 0.912 bits per heavy atom. The lowest BCUT2D eigenvalue weighted by Gasteiger charge is -2.62. The SMILES string of the molecule is C[C@H](CCCOS(C)(=O)=O)[C@H]1CC[C@H]2[C@@H]3CC[C@H]4CCCC[C@]4(C)[C@H]3C[C@@H](OS(C)(=O)=O)[C@]12C. The molecule has 0 amide bonds. The van der Waals surface area contributed by atoms with E-state index in [0.29, 0.717) is 41.4 Å². The van der Waals surface area contributed by atoms with Gasteiger partial charge in [-0.2, -0.15) is 16.8 Å². The molecule has 198 valence electrons. The van der Waals surface area contributed by atoms with Crippen LogP contribution in [0.2, 0.25) is 0 Å². The topological polar surface area (TPSA) is 86.7 Å². The fraction of sp³-hybridized carbons (Fsp3) is 1.00. The van der Waals surface area contributed by atoms with Crippen LogP contribution in [0.5, 0.6) is 0 Å². The fourth-order valence-corrected chi connectivity index (χ4v) is 10.5. The van der Waals surface area contributed by atoms with E-state index < -0.39 is 20.2 Å². The summed E-state index contributed by atoms with van der Waals surface area (Å²) in [7, 11) is -6.98. The molecule has 4 rings (SSSR count). The molecule has 0 aliphatic heterocycles. The zero-order chi connectivity index (χ0) is 24.9. The monoisotopic (exact) mass is 518 g/mol. The third-order valence-electron chi connectivity index (χ3n) is 10.8. The van der Waals surface area contributed by atoms with Gasteiger partial charge in [0.05, 0.1) is 25.2 Å². The maximum atomic E-state index is 12.4. The first-order valence-corrected chi connectivity index (χ1v) is 17.1. The van der Waals surface area contributed by atoms with Crippen molar-refractivity contribution in [1.29, 1.82) is 0 Å². The zero-order valence-electron chi connectivity index (χ0n) is 21.8. The molecule has 4 saturated carbocycles. The predicted molar refractivity (Wildman–Crippen MR) is 134 cm³/mol. The van der Waals surface area contributed by atoms with Gasteiger partial charge in [-0.3, -0.25) is 8.37 Å². The van der Waals surface area contributed by atoms with E-state index in [1.165, 1.54) is 44.8 Å². The van der Waals surface area contributed by atoms with Crippen molar-refractivity contribution in [2.45, 2.75) is 97.5 Å². The molecule has 34 heavy (non-hydrogen) atoms. The van der Waals surface area contributed by atoms with E-state index in [4.69, 9.17) is 8.37 Å². The van der Waals surface area contributed by atoms with Crippen molar-refractivity contribution < 1.29 is 25.2 Å². The molecule has 4 aliphatic rings. The number of fused-ring (bicyclic) bond motifs is 5. The smallest absolute Gasteiger partial charge is 0.264 e. The standard InChI is InChI=1S/C26H46O6S2/c1-18(9-8-16-31-33(4,27)28)21-13-14-22-20-12-11-19-10-6-7-15-25(19,2)23(20)17-24(26(21,22)3)32-34(5,29)30/h18-24H,6-17H2,1-5H3/t18-,19-,20+,21-,22+,23+,24-,25+,26-/m1/s1. The van der Waals surface area contributed by atoms with Gasteiger partial charge in [0.15, 0.2) is 0 Å². The van der Waals surface area contributed by atoms with Gasteiger partial charge in [0.2, 0.25) is 0 Å². The first-order chi connectivity index (χ1) is 15.8. The summed E-state index contributed by atoms with van der Waals surface area (Å²) in [5.74, 6) is 3.22. The molecule has 4 aliphatic carbocycles. The predicted octanol–water partition coefficient (Wildman–Crippen LogP) is 5.38. The van der Waals surface area contributed by atoms with Crippen molar-refractivity contribution in [3.63, 3.8) is 0 Å². The first-order valence-electron chi connectivity index (χ1n) is 13.5. The minimum atomic E-state index is -3.56. The Hall–Kier alpha value is -0.180. The second kappa shape index (κ2) is 9.60. The summed E-state index contributed by atoms with van der Waals surface area (Å²) in [5.41, 5.74) is 0.146. The Balaban J connectivity index is 1.58. The van der Waals surface area contributed by atoms with E-state index in [-0.39, 0.29) is 18.1 Å². The highest BCUT2D eigenvalue weighted by Gasteiger charge is 2.64. The van der Waals surface area contributed by atoms with E-state index in [9.17, 15) is 16.8 Å². The van der Waals surface area contributed by atoms with Crippen LogP contribution in [0.25, 0.3) is 0 Å². The van der Waals surface area contributed by atoms with Crippen molar-refractivity contribution in [3.05, 3.63) is 0 Å². The van der Waals surface area contributed by atoms with Crippen LogP contribution in [0.4, 0.5) is 0 Å². The third-order valence-corrected chi connectivity index (χ3v) is 12.0. The van der Waals surface area contributed by atoms with Crippen molar-refractivity contribution in [1.82, 2.24) is 0 Å². The Kier molecular flexibility index (Phi) is 7.59. The lowest BCUT2D eigenvalue weighted by molar-refractivity contribution is -0.159. The lowest BCUT2D eigenvalue weighted by Crippen LogP contribution is -2.59. The van der Waals surface area contributed by atoms with Gasteiger partial charge >= 0.3 is 0 Å². The number of rotatable bonds is 8. The van der Waals surface area contributed by atoms with E-state index in [0.717, 1.165) is 37.9 Å². The van der Waals surface area contributed by atoms with Crippen LogP contribution in [0.15, 0.2) is 0 Å². The first kappa shape index (κ1) is 26.9. The molecule has 9 atom stereocenters. The molecule has 0 bridgehead atoms. The summed E-state index contributed by atoms with van der Waals surface area (Å²) in [6.07, 6.45) is 14.5. The van der Waals surface area contributed by atoms with Crippen LogP contribution in [0, 0.1) is 46.3 Å². The Morgan fingerprint density at radius 3 is 2.32 bits per heavy atom. The molecule has 4 fully saturated rings. The van der Waals surface area contributed by atoms with Gasteiger partial charge in [0.1, 0.15) is 0 Å². The quantitative estimate of drug-likeness (QED) is 0.317. The van der Waals surface area contributed by atoms with Gasteiger partial charge in [-0.25, -0.2) is 0 Å². The Bertz CT molecular complexity index is 946. The number of hydrogen-bond acceptors (Lipinski definition) is 6. The van der Waals surface area contributed by atoms with Gasteiger partial charge < -0.3 is 0 Å². The highest BCUT2D eigenvalue weighted by molar-refractivity contribution is 7.86. The molecule has 0 radical (unpaired) electrons. The molecule has 8 heteroatoms. The fourth-order valence-electron chi connectivity index (χ4n) is 9.36. The van der Waals surface area contributed by atoms with Crippen LogP contribution >= 0.6 is 0 Å². The largest absolute Gasteiger partial charge is 0.270 e. The highest BCUT2D eigenvalue weighted by Crippen LogP contribution is 2.69. The van der Waals surface area contributed by atoms with Crippen LogP contribution in [-0.4, -0.2) is 42.1 Å². The van der Waals surface area contributed by atoms with Crippen molar-refractivity contribution in [2.75, 3.05) is 19.1 Å². The van der Waals surface area contributed by atoms with Gasteiger partial charge in [-0.1, -0.05) is 33.6 Å². The molecule has 0 aromatic heterocycles. The zero-order valence-corrected chi connectivity index (χ0v) is 23.4. The average molecular weight is 519 g/mol. The van der Waals surface area contributed by atoms with E-state index >= 15 is 0 Å². The molecule has 0 unspecified atom stereocenters. The summed E-state index contributed by atoms with van der Waals surface area (Å²) < 4.78 is 58.4. The summed E-state index contributed by atoms with van der Waals surface area (Å²) in [6, 6.07) is 0. The maximum Gasteiger partial charge on any atom is 0.264 e. The van der Waals surface area contributed by atoms with Gasteiger partial charge in [-0.05, 0) is 98.7 Å². The van der Waals surface area contributed by atoms with E-state index in [1.54, 1.807) is 0 Å². The van der Waals surface area contributed by atoms with Crippen LogP contribution in [0.3, 0.4) is 0 Å². The average Bonchev–Trinajstić information content (AvgIpc) is 3.08. The van der Waals surface area contributed by atoms with Crippen molar-refractivity contribution >= 4 is 20.2 Å². The normalized spacial score (nSPS) is 43.6. The Morgan fingerprint density at radius 2 is 1.65 bits per heavy atom. The minimum Gasteiger partial charge on any atom is -0.270 e. The van der Waals surface area contributed by atoms with Crippen molar-refractivity contribution in [2.24, 2.45) is 46.3 Å². The molecule has 0 saturated heterocycles. The number of hydrogen-bond donors (Lipinski definition) is 0. The van der Waals surface area contributed by atoms with Crippen molar-refractivity contribution in [3.8, 4) is 0 Å². The van der Waals surface area contributed by atoms with Gasteiger partial charge in [-0.15, -0.1) is 0 Å². The maximum absolute atomic E-state index is 12.4. The van der Waals surface area contributed by atoms with Crippen LogP contribution in [0.1, 0.15) is 91.4 Å². The summed E-state index contributed by atoms with van der Waals surface area (Å²) in [6.45, 7) is 7.29. The third kappa shape index (κ3) is 5.12. The molecule has 0 N–H and O–H groups in total.